The molecule has 2 aromatic carbocycles. The van der Waals surface area contributed by atoms with Crippen LogP contribution in [0.4, 0.5) is 0 Å². The van der Waals surface area contributed by atoms with Gasteiger partial charge in [-0.25, -0.2) is 0 Å². The predicted molar refractivity (Wildman–Crippen MR) is 107 cm³/mol. The van der Waals surface area contributed by atoms with E-state index in [9.17, 15) is 9.59 Å². The molecule has 0 N–H and O–H groups in total. The zero-order valence-corrected chi connectivity index (χ0v) is 15.8. The summed E-state index contributed by atoms with van der Waals surface area (Å²) in [5.74, 6) is -1.45. The topological polar surface area (TPSA) is 65.0 Å². The van der Waals surface area contributed by atoms with Crippen molar-refractivity contribution in [2.24, 2.45) is 16.8 Å². The Hall–Kier alpha value is -2.89. The van der Waals surface area contributed by atoms with Gasteiger partial charge < -0.3 is 9.31 Å². The molecule has 3 atom stereocenters. The zero-order valence-electron chi connectivity index (χ0n) is 15.8. The van der Waals surface area contributed by atoms with E-state index in [1.54, 1.807) is 12.3 Å². The molecule has 28 heavy (non-hydrogen) atoms. The van der Waals surface area contributed by atoms with Gasteiger partial charge in [-0.05, 0) is 30.9 Å². The van der Waals surface area contributed by atoms with Crippen LogP contribution in [0.5, 0.6) is 0 Å². The molecule has 2 aliphatic rings. The van der Waals surface area contributed by atoms with Gasteiger partial charge >= 0.3 is 7.12 Å². The number of fused-ring (bicyclic) bond motifs is 1. The molecule has 1 aliphatic carbocycles. The summed E-state index contributed by atoms with van der Waals surface area (Å²) in [4.78, 5) is 29.6. The zero-order chi connectivity index (χ0) is 19.5. The van der Waals surface area contributed by atoms with Gasteiger partial charge in [-0.15, -0.1) is 0 Å². The van der Waals surface area contributed by atoms with Crippen LogP contribution in [0.2, 0.25) is 0 Å². The molecule has 0 radical (unpaired) electrons. The molecule has 1 aliphatic heterocycles. The number of nitrogens with zero attached hydrogens (tertiary/aromatic N) is 1. The molecule has 0 bridgehead atoms. The number of aliphatic imine (C=N–C) groups is 1. The molecule has 1 saturated carbocycles. The number of hydrogen-bond donors (Lipinski definition) is 0. The SMILES string of the molecule is C[C@@H](N=Cc1ccccc1B1OC(=O)[C@@H]2CCC[C@H]2C(=O)O1)c1ccccc1. The maximum Gasteiger partial charge on any atom is 0.637 e. The lowest BCUT2D eigenvalue weighted by atomic mass is 9.76. The summed E-state index contributed by atoms with van der Waals surface area (Å²) in [5.41, 5.74) is 2.51. The number of carbonyl (C=O) groups is 2. The lowest BCUT2D eigenvalue weighted by molar-refractivity contribution is -0.143. The molecule has 4 rings (SSSR count). The van der Waals surface area contributed by atoms with Crippen LogP contribution in [0.15, 0.2) is 59.6 Å². The van der Waals surface area contributed by atoms with Crippen molar-refractivity contribution in [3.63, 3.8) is 0 Å². The first-order valence-electron chi connectivity index (χ1n) is 9.71. The highest BCUT2D eigenvalue weighted by molar-refractivity contribution is 6.66. The van der Waals surface area contributed by atoms with E-state index in [2.05, 4.69) is 4.99 Å². The van der Waals surface area contributed by atoms with E-state index in [1.807, 2.05) is 55.5 Å². The van der Waals surface area contributed by atoms with Crippen molar-refractivity contribution in [3.05, 3.63) is 65.7 Å². The van der Waals surface area contributed by atoms with Crippen molar-refractivity contribution in [1.82, 2.24) is 0 Å². The summed E-state index contributed by atoms with van der Waals surface area (Å²) in [6, 6.07) is 17.4. The van der Waals surface area contributed by atoms with Crippen molar-refractivity contribution in [1.29, 1.82) is 0 Å². The van der Waals surface area contributed by atoms with Gasteiger partial charge in [-0.1, -0.05) is 61.0 Å². The summed E-state index contributed by atoms with van der Waals surface area (Å²) in [6.45, 7) is 2.02. The monoisotopic (exact) mass is 375 g/mol. The van der Waals surface area contributed by atoms with E-state index in [4.69, 9.17) is 9.31 Å². The molecule has 2 fully saturated rings. The fraction of sp³-hybridized carbons (Fsp3) is 0.318. The van der Waals surface area contributed by atoms with Crippen molar-refractivity contribution in [2.75, 3.05) is 0 Å². The van der Waals surface area contributed by atoms with E-state index in [0.717, 1.165) is 17.5 Å². The van der Waals surface area contributed by atoms with Gasteiger partial charge in [-0.3, -0.25) is 14.6 Å². The fourth-order valence-corrected chi connectivity index (χ4v) is 3.91. The second-order valence-electron chi connectivity index (χ2n) is 7.34. The third-order valence-electron chi connectivity index (χ3n) is 5.54. The van der Waals surface area contributed by atoms with Gasteiger partial charge in [0.2, 0.25) is 0 Å². The Morgan fingerprint density at radius 2 is 1.57 bits per heavy atom. The Kier molecular flexibility index (Phi) is 5.28. The summed E-state index contributed by atoms with van der Waals surface area (Å²) < 4.78 is 11.1. The first-order valence-corrected chi connectivity index (χ1v) is 9.71. The minimum absolute atomic E-state index is 0.0205. The molecule has 0 spiro atoms. The third kappa shape index (κ3) is 3.72. The molecule has 1 heterocycles. The highest BCUT2D eigenvalue weighted by atomic mass is 16.6. The van der Waals surface area contributed by atoms with Crippen LogP contribution in [0.25, 0.3) is 0 Å². The number of carbonyl (C=O) groups excluding carboxylic acids is 2. The largest absolute Gasteiger partial charge is 0.637 e. The Labute approximate surface area is 164 Å². The summed E-state index contributed by atoms with van der Waals surface area (Å²) in [6.07, 6.45) is 3.97. The van der Waals surface area contributed by atoms with Crippen LogP contribution in [0.1, 0.15) is 43.4 Å². The van der Waals surface area contributed by atoms with Crippen LogP contribution in [-0.4, -0.2) is 25.3 Å². The highest BCUT2D eigenvalue weighted by Gasteiger charge is 2.47. The Bertz CT molecular complexity index is 874. The number of benzene rings is 2. The molecule has 0 amide bonds. The first kappa shape index (κ1) is 18.5. The standard InChI is InChI=1S/C22H22BNO4/c1-15(16-8-3-2-4-9-16)24-14-17-10-5-6-13-20(17)23-27-21(25)18-11-7-12-19(18)22(26)28-23/h2-6,8-10,13-15,18-19H,7,11-12H2,1H3/t15-,18-,19-/m1/s1. The van der Waals surface area contributed by atoms with E-state index >= 15 is 0 Å². The van der Waals surface area contributed by atoms with E-state index in [1.165, 1.54) is 0 Å². The lowest BCUT2D eigenvalue weighted by Crippen LogP contribution is -2.41. The Morgan fingerprint density at radius 3 is 2.25 bits per heavy atom. The van der Waals surface area contributed by atoms with E-state index in [0.29, 0.717) is 18.3 Å². The maximum absolute atomic E-state index is 12.5. The van der Waals surface area contributed by atoms with Crippen molar-refractivity contribution in [2.45, 2.75) is 32.2 Å². The molecule has 142 valence electrons. The predicted octanol–water partition coefficient (Wildman–Crippen LogP) is 3.08. The van der Waals surface area contributed by atoms with E-state index < -0.39 is 7.12 Å². The average molecular weight is 375 g/mol. The number of hydrogen-bond acceptors (Lipinski definition) is 5. The molecule has 5 nitrogen and oxygen atoms in total. The van der Waals surface area contributed by atoms with Gasteiger partial charge in [0.25, 0.3) is 11.9 Å². The Morgan fingerprint density at radius 1 is 0.964 bits per heavy atom. The summed E-state index contributed by atoms with van der Waals surface area (Å²) in [5, 5.41) is 0. The van der Waals surface area contributed by atoms with Gasteiger partial charge in [0.15, 0.2) is 0 Å². The van der Waals surface area contributed by atoms with Crippen LogP contribution in [-0.2, 0) is 18.9 Å². The van der Waals surface area contributed by atoms with Crippen molar-refractivity contribution < 1.29 is 18.9 Å². The molecule has 2 aromatic rings. The van der Waals surface area contributed by atoms with E-state index in [-0.39, 0.29) is 29.8 Å². The average Bonchev–Trinajstić information content (AvgIpc) is 3.18. The van der Waals surface area contributed by atoms with Gasteiger partial charge in [0.05, 0.1) is 17.9 Å². The van der Waals surface area contributed by atoms with Crippen LogP contribution in [0, 0.1) is 11.8 Å². The summed E-state index contributed by atoms with van der Waals surface area (Å²) in [7, 11) is -1.03. The minimum Gasteiger partial charge on any atom is -0.495 e. The highest BCUT2D eigenvalue weighted by Crippen LogP contribution is 2.35. The van der Waals surface area contributed by atoms with Crippen LogP contribution in [0.3, 0.4) is 0 Å². The van der Waals surface area contributed by atoms with Crippen molar-refractivity contribution in [3.8, 4) is 0 Å². The summed E-state index contributed by atoms with van der Waals surface area (Å²) >= 11 is 0. The number of rotatable bonds is 4. The molecule has 6 heteroatoms. The fourth-order valence-electron chi connectivity index (χ4n) is 3.91. The lowest BCUT2D eigenvalue weighted by Gasteiger charge is -2.14. The maximum atomic E-state index is 12.5. The molecule has 0 unspecified atom stereocenters. The molecule has 0 aromatic heterocycles. The van der Waals surface area contributed by atoms with Crippen molar-refractivity contribution >= 4 is 30.7 Å². The Balaban J connectivity index is 1.58. The second-order valence-corrected chi connectivity index (χ2v) is 7.34. The van der Waals surface area contributed by atoms with Gasteiger partial charge in [-0.2, -0.15) is 0 Å². The van der Waals surface area contributed by atoms with Gasteiger partial charge in [0, 0.05) is 11.7 Å². The normalized spacial score (nSPS) is 23.1. The minimum atomic E-state index is -1.03. The quantitative estimate of drug-likeness (QED) is 0.609. The molecular weight excluding hydrogens is 353 g/mol. The third-order valence-corrected chi connectivity index (χ3v) is 5.54. The van der Waals surface area contributed by atoms with Gasteiger partial charge in [0.1, 0.15) is 0 Å². The molecule has 1 saturated heterocycles. The van der Waals surface area contributed by atoms with Crippen LogP contribution >= 0.6 is 0 Å². The first-order chi connectivity index (χ1) is 13.6. The second kappa shape index (κ2) is 8.01. The van der Waals surface area contributed by atoms with Crippen LogP contribution < -0.4 is 5.46 Å². The molecular formula is C22H22BNO4. The smallest absolute Gasteiger partial charge is 0.495 e.